The minimum atomic E-state index is 1.19. The highest BCUT2D eigenvalue weighted by atomic mass is 32.2. The number of rotatable bonds is 3. The zero-order chi connectivity index (χ0) is 10.5. The van der Waals surface area contributed by atoms with Crippen molar-refractivity contribution in [3.8, 4) is 0 Å². The van der Waals surface area contributed by atoms with Crippen LogP contribution in [-0.4, -0.2) is 0 Å². The smallest absolute Gasteiger partial charge is 0.0194 e. The molecule has 0 fully saturated rings. The van der Waals surface area contributed by atoms with Gasteiger partial charge < -0.3 is 0 Å². The lowest BCUT2D eigenvalue weighted by Gasteiger charge is -2.04. The first-order valence-corrected chi connectivity index (χ1v) is 5.66. The summed E-state index contributed by atoms with van der Waals surface area (Å²) in [6.45, 7) is 3.82. The molecule has 2 rings (SSSR count). The van der Waals surface area contributed by atoms with E-state index in [0.717, 1.165) is 0 Å². The van der Waals surface area contributed by atoms with Crippen molar-refractivity contribution in [3.05, 3.63) is 66.7 Å². The van der Waals surface area contributed by atoms with Gasteiger partial charge in [-0.05, 0) is 23.8 Å². The monoisotopic (exact) mass is 212 g/mol. The molecule has 0 aliphatic heterocycles. The molecule has 0 atom stereocenters. The molecule has 15 heavy (non-hydrogen) atoms. The number of hydrogen-bond donors (Lipinski definition) is 0. The number of hydrogen-bond acceptors (Lipinski definition) is 1. The van der Waals surface area contributed by atoms with E-state index in [2.05, 4.69) is 49.0 Å². The highest BCUT2D eigenvalue weighted by molar-refractivity contribution is 7.99. The van der Waals surface area contributed by atoms with Crippen LogP contribution >= 0.6 is 11.8 Å². The van der Waals surface area contributed by atoms with Gasteiger partial charge in [0.2, 0.25) is 0 Å². The van der Waals surface area contributed by atoms with Crippen LogP contribution in [0.5, 0.6) is 0 Å². The summed E-state index contributed by atoms with van der Waals surface area (Å²) in [5.74, 6) is 0. The van der Waals surface area contributed by atoms with Crippen LogP contribution < -0.4 is 0 Å². The second-order valence-electron chi connectivity index (χ2n) is 3.16. The Kier molecular flexibility index (Phi) is 3.25. The Morgan fingerprint density at radius 2 is 1.53 bits per heavy atom. The molecule has 0 unspecified atom stereocenters. The van der Waals surface area contributed by atoms with Crippen LogP contribution in [0.1, 0.15) is 5.56 Å². The predicted octanol–water partition coefficient (Wildman–Crippen LogP) is 4.48. The fraction of sp³-hybridized carbons (Fsp3) is 0. The Labute approximate surface area is 94.7 Å². The molecule has 0 saturated heterocycles. The quantitative estimate of drug-likeness (QED) is 0.722. The summed E-state index contributed by atoms with van der Waals surface area (Å²) in [4.78, 5) is 2.51. The molecule has 0 amide bonds. The molecule has 2 aromatic carbocycles. The molecule has 0 aliphatic rings. The van der Waals surface area contributed by atoms with Crippen molar-refractivity contribution in [2.75, 3.05) is 0 Å². The second kappa shape index (κ2) is 4.85. The van der Waals surface area contributed by atoms with Crippen LogP contribution in [0.15, 0.2) is 71.0 Å². The maximum Gasteiger partial charge on any atom is 0.0194 e. The van der Waals surface area contributed by atoms with Crippen LogP contribution in [0, 0.1) is 0 Å². The Morgan fingerprint density at radius 3 is 2.27 bits per heavy atom. The van der Waals surface area contributed by atoms with Gasteiger partial charge in [-0.3, -0.25) is 0 Å². The molecular formula is C14H12S. The molecule has 0 aliphatic carbocycles. The molecule has 0 spiro atoms. The normalized spacial score (nSPS) is 9.87. The fourth-order valence-electron chi connectivity index (χ4n) is 1.36. The van der Waals surface area contributed by atoms with Gasteiger partial charge in [0.1, 0.15) is 0 Å². The van der Waals surface area contributed by atoms with E-state index in [9.17, 15) is 0 Å². The van der Waals surface area contributed by atoms with Gasteiger partial charge in [-0.1, -0.05) is 60.8 Å². The molecule has 0 aromatic heterocycles. The van der Waals surface area contributed by atoms with Crippen LogP contribution in [0.4, 0.5) is 0 Å². The molecule has 1 heteroatoms. The van der Waals surface area contributed by atoms with E-state index in [1.807, 2.05) is 18.2 Å². The lowest BCUT2D eigenvalue weighted by Crippen LogP contribution is -1.78. The summed E-state index contributed by atoms with van der Waals surface area (Å²) in [5, 5.41) is 0. The molecule has 74 valence electrons. The second-order valence-corrected chi connectivity index (χ2v) is 4.27. The van der Waals surface area contributed by atoms with Gasteiger partial charge in [0.05, 0.1) is 0 Å². The molecule has 0 heterocycles. The summed E-state index contributed by atoms with van der Waals surface area (Å²) < 4.78 is 0. The Balaban J connectivity index is 2.28. The molecule has 0 saturated carbocycles. The van der Waals surface area contributed by atoms with Crippen molar-refractivity contribution >= 4 is 17.8 Å². The van der Waals surface area contributed by atoms with Gasteiger partial charge in [-0.25, -0.2) is 0 Å². The van der Waals surface area contributed by atoms with E-state index in [1.54, 1.807) is 11.8 Å². The van der Waals surface area contributed by atoms with Crippen LogP contribution in [0.2, 0.25) is 0 Å². The summed E-state index contributed by atoms with van der Waals surface area (Å²) in [6, 6.07) is 18.7. The first-order valence-electron chi connectivity index (χ1n) is 4.84. The molecule has 2 aromatic rings. The van der Waals surface area contributed by atoms with Crippen molar-refractivity contribution in [2.45, 2.75) is 9.79 Å². The number of benzene rings is 2. The first kappa shape index (κ1) is 10.1. The van der Waals surface area contributed by atoms with Gasteiger partial charge in [0.15, 0.2) is 0 Å². The van der Waals surface area contributed by atoms with Crippen LogP contribution in [0.3, 0.4) is 0 Å². The van der Waals surface area contributed by atoms with Crippen molar-refractivity contribution in [3.63, 3.8) is 0 Å². The summed E-state index contributed by atoms with van der Waals surface area (Å²) >= 11 is 1.77. The molecule has 0 bridgehead atoms. The fourth-order valence-corrected chi connectivity index (χ4v) is 2.32. The predicted molar refractivity (Wildman–Crippen MR) is 67.1 cm³/mol. The topological polar surface area (TPSA) is 0 Å². The highest BCUT2D eigenvalue weighted by Gasteiger charge is 1.99. The lowest BCUT2D eigenvalue weighted by molar-refractivity contribution is 1.39. The minimum absolute atomic E-state index is 1.19. The SMILES string of the molecule is C=Cc1ccccc1Sc1ccccc1. The lowest BCUT2D eigenvalue weighted by atomic mass is 10.2. The third-order valence-electron chi connectivity index (χ3n) is 2.11. The van der Waals surface area contributed by atoms with E-state index < -0.39 is 0 Å². The highest BCUT2D eigenvalue weighted by Crippen LogP contribution is 2.30. The van der Waals surface area contributed by atoms with Gasteiger partial charge in [0.25, 0.3) is 0 Å². The van der Waals surface area contributed by atoms with Gasteiger partial charge in [-0.2, -0.15) is 0 Å². The van der Waals surface area contributed by atoms with E-state index in [1.165, 1.54) is 15.4 Å². The first-order chi connectivity index (χ1) is 7.40. The van der Waals surface area contributed by atoms with Crippen molar-refractivity contribution in [2.24, 2.45) is 0 Å². The molecule has 0 N–H and O–H groups in total. The maximum atomic E-state index is 3.82. The minimum Gasteiger partial charge on any atom is -0.0984 e. The Morgan fingerprint density at radius 1 is 0.867 bits per heavy atom. The summed E-state index contributed by atoms with van der Waals surface area (Å²) in [5.41, 5.74) is 1.19. The molecular weight excluding hydrogens is 200 g/mol. The van der Waals surface area contributed by atoms with Gasteiger partial charge in [0, 0.05) is 9.79 Å². The van der Waals surface area contributed by atoms with Gasteiger partial charge in [-0.15, -0.1) is 0 Å². The average Bonchev–Trinajstić information content (AvgIpc) is 2.31. The van der Waals surface area contributed by atoms with Crippen molar-refractivity contribution in [1.82, 2.24) is 0 Å². The third-order valence-corrected chi connectivity index (χ3v) is 3.21. The zero-order valence-electron chi connectivity index (χ0n) is 8.39. The average molecular weight is 212 g/mol. The largest absolute Gasteiger partial charge is 0.0984 e. The summed E-state index contributed by atoms with van der Waals surface area (Å²) in [7, 11) is 0. The molecule has 0 radical (unpaired) electrons. The Bertz CT molecular complexity index is 446. The van der Waals surface area contributed by atoms with Crippen LogP contribution in [0.25, 0.3) is 6.08 Å². The Hall–Kier alpha value is -1.47. The van der Waals surface area contributed by atoms with E-state index >= 15 is 0 Å². The van der Waals surface area contributed by atoms with Crippen LogP contribution in [-0.2, 0) is 0 Å². The van der Waals surface area contributed by atoms with E-state index in [0.29, 0.717) is 0 Å². The van der Waals surface area contributed by atoms with E-state index in [-0.39, 0.29) is 0 Å². The van der Waals surface area contributed by atoms with Gasteiger partial charge >= 0.3 is 0 Å². The maximum absolute atomic E-state index is 3.82. The van der Waals surface area contributed by atoms with Crippen molar-refractivity contribution < 1.29 is 0 Å². The zero-order valence-corrected chi connectivity index (χ0v) is 9.21. The standard InChI is InChI=1S/C14H12S/c1-2-12-8-6-7-11-14(12)15-13-9-4-3-5-10-13/h2-11H,1H2. The molecule has 0 nitrogen and oxygen atoms in total. The summed E-state index contributed by atoms with van der Waals surface area (Å²) in [6.07, 6.45) is 1.89. The van der Waals surface area contributed by atoms with Crippen molar-refractivity contribution in [1.29, 1.82) is 0 Å². The third kappa shape index (κ3) is 2.51. The van der Waals surface area contributed by atoms with E-state index in [4.69, 9.17) is 0 Å².